The van der Waals surface area contributed by atoms with Gasteiger partial charge in [-0.1, -0.05) is 18.2 Å². The van der Waals surface area contributed by atoms with E-state index < -0.39 is 11.7 Å². The van der Waals surface area contributed by atoms with Gasteiger partial charge in [0.25, 0.3) is 0 Å². The van der Waals surface area contributed by atoms with Crippen LogP contribution < -0.4 is 9.64 Å². The Balaban J connectivity index is 1.75. The van der Waals surface area contributed by atoms with Crippen LogP contribution in [0.25, 0.3) is 10.8 Å². The van der Waals surface area contributed by atoms with Crippen molar-refractivity contribution in [3.63, 3.8) is 0 Å². The third-order valence-corrected chi connectivity index (χ3v) is 6.24. The molecule has 1 spiro atoms. The van der Waals surface area contributed by atoms with Gasteiger partial charge in [0, 0.05) is 35.9 Å². The molecule has 1 aromatic heterocycles. The zero-order valence-corrected chi connectivity index (χ0v) is 16.8. The fourth-order valence-corrected chi connectivity index (χ4v) is 4.58. The van der Waals surface area contributed by atoms with Crippen molar-refractivity contribution in [2.45, 2.75) is 25.0 Å². The van der Waals surface area contributed by atoms with E-state index in [9.17, 15) is 4.79 Å². The van der Waals surface area contributed by atoms with Gasteiger partial charge < -0.3 is 14.4 Å². The smallest absolute Gasteiger partial charge is 0.338 e. The third-order valence-electron chi connectivity index (χ3n) is 6.24. The first-order valence-corrected chi connectivity index (χ1v) is 9.47. The number of nitrogens with zero attached hydrogens (tertiary/aromatic N) is 3. The van der Waals surface area contributed by atoms with Crippen LogP contribution in [0.1, 0.15) is 29.8 Å². The number of para-hydroxylation sites is 1. The molecule has 0 saturated heterocycles. The number of rotatable bonds is 1. The molecule has 0 aliphatic carbocycles. The highest BCUT2D eigenvalue weighted by molar-refractivity contribution is 6.09. The molecule has 29 heavy (non-hydrogen) atoms. The van der Waals surface area contributed by atoms with Crippen molar-refractivity contribution in [1.82, 2.24) is 4.98 Å². The minimum atomic E-state index is -0.785. The molecular formula is C23H21N3O3. The Morgan fingerprint density at radius 3 is 2.72 bits per heavy atom. The third kappa shape index (κ3) is 2.14. The molecule has 2 aliphatic rings. The fourth-order valence-electron chi connectivity index (χ4n) is 4.58. The van der Waals surface area contributed by atoms with Gasteiger partial charge >= 0.3 is 5.97 Å². The number of benzene rings is 2. The van der Waals surface area contributed by atoms with Gasteiger partial charge in [-0.15, -0.1) is 0 Å². The van der Waals surface area contributed by atoms with E-state index in [-0.39, 0.29) is 5.41 Å². The van der Waals surface area contributed by atoms with Crippen molar-refractivity contribution in [2.75, 3.05) is 19.1 Å². The molecule has 6 nitrogen and oxygen atoms in total. The Hall–Kier alpha value is -3.41. The standard InChI is InChI=1S/C23H21N3O3/c1-22(2)17-7-5-6-8-19(17)26(3)23(22)13-25-18-11-15(21(27)28-4)16-12-24-10-9-14(16)20(18)29-23/h5-13H,1-4H3. The molecule has 0 bridgehead atoms. The lowest BCUT2D eigenvalue weighted by atomic mass is 9.77. The second-order valence-electron chi connectivity index (χ2n) is 7.94. The minimum absolute atomic E-state index is 0.347. The number of aliphatic imine (C=N–C) groups is 1. The normalized spacial score (nSPS) is 21.0. The maximum Gasteiger partial charge on any atom is 0.338 e. The molecule has 1 unspecified atom stereocenters. The lowest BCUT2D eigenvalue weighted by Crippen LogP contribution is -2.61. The Labute approximate surface area is 168 Å². The predicted molar refractivity (Wildman–Crippen MR) is 112 cm³/mol. The second kappa shape index (κ2) is 5.80. The lowest BCUT2D eigenvalue weighted by Gasteiger charge is -2.45. The molecule has 3 heterocycles. The van der Waals surface area contributed by atoms with Crippen LogP contribution in [0.3, 0.4) is 0 Å². The molecule has 0 amide bonds. The number of aromatic nitrogens is 1. The summed E-state index contributed by atoms with van der Waals surface area (Å²) in [6.45, 7) is 4.33. The average Bonchev–Trinajstić information content (AvgIpc) is 2.91. The highest BCUT2D eigenvalue weighted by Crippen LogP contribution is 2.54. The lowest BCUT2D eigenvalue weighted by molar-refractivity contribution is 0.0602. The number of carbonyl (C=O) groups excluding carboxylic acids is 1. The number of anilines is 1. The van der Waals surface area contributed by atoms with Gasteiger partial charge in [-0.25, -0.2) is 4.79 Å². The maximum atomic E-state index is 12.3. The Morgan fingerprint density at radius 1 is 1.17 bits per heavy atom. The minimum Gasteiger partial charge on any atom is -0.465 e. The van der Waals surface area contributed by atoms with Gasteiger partial charge in [0.1, 0.15) is 5.69 Å². The van der Waals surface area contributed by atoms with Crippen LogP contribution in [0.4, 0.5) is 11.4 Å². The summed E-state index contributed by atoms with van der Waals surface area (Å²) in [5.41, 5.74) is 2.22. The number of fused-ring (bicyclic) bond motifs is 4. The van der Waals surface area contributed by atoms with Crippen LogP contribution in [0.2, 0.25) is 0 Å². The van der Waals surface area contributed by atoms with Crippen LogP contribution in [0, 0.1) is 0 Å². The largest absolute Gasteiger partial charge is 0.465 e. The number of ether oxygens (including phenoxy) is 2. The van der Waals surface area contributed by atoms with E-state index in [0.717, 1.165) is 11.1 Å². The highest BCUT2D eigenvalue weighted by Gasteiger charge is 2.58. The van der Waals surface area contributed by atoms with Crippen molar-refractivity contribution in [3.8, 4) is 5.75 Å². The van der Waals surface area contributed by atoms with Crippen LogP contribution in [0.15, 0.2) is 53.8 Å². The van der Waals surface area contributed by atoms with Crippen LogP contribution in [0.5, 0.6) is 5.75 Å². The van der Waals surface area contributed by atoms with Crippen molar-refractivity contribution >= 4 is 34.3 Å². The zero-order valence-electron chi connectivity index (χ0n) is 16.8. The number of carbonyl (C=O) groups is 1. The molecular weight excluding hydrogens is 366 g/mol. The summed E-state index contributed by atoms with van der Waals surface area (Å²) in [7, 11) is 3.39. The first-order chi connectivity index (χ1) is 13.9. The molecule has 0 radical (unpaired) electrons. The van der Waals surface area contributed by atoms with Gasteiger partial charge in [0.2, 0.25) is 5.72 Å². The first-order valence-electron chi connectivity index (χ1n) is 9.47. The van der Waals surface area contributed by atoms with Crippen molar-refractivity contribution in [2.24, 2.45) is 4.99 Å². The van der Waals surface area contributed by atoms with Crippen molar-refractivity contribution < 1.29 is 14.3 Å². The number of likely N-dealkylation sites (N-methyl/N-ethyl adjacent to an activating group) is 1. The van der Waals surface area contributed by atoms with Gasteiger partial charge in [-0.2, -0.15) is 0 Å². The zero-order chi connectivity index (χ0) is 20.4. The Morgan fingerprint density at radius 2 is 1.97 bits per heavy atom. The Kier molecular flexibility index (Phi) is 3.53. The van der Waals surface area contributed by atoms with E-state index >= 15 is 0 Å². The molecule has 6 heteroatoms. The van der Waals surface area contributed by atoms with Gasteiger partial charge in [0.05, 0.1) is 24.3 Å². The topological polar surface area (TPSA) is 64.0 Å². The van der Waals surface area contributed by atoms with Gasteiger partial charge in [-0.3, -0.25) is 9.98 Å². The molecule has 3 aromatic rings. The molecule has 2 aliphatic heterocycles. The summed E-state index contributed by atoms with van der Waals surface area (Å²) in [4.78, 5) is 23.4. The monoisotopic (exact) mass is 387 g/mol. The number of esters is 1. The van der Waals surface area contributed by atoms with Gasteiger partial charge in [0.15, 0.2) is 5.75 Å². The fraction of sp³-hybridized carbons (Fsp3) is 0.261. The summed E-state index contributed by atoms with van der Waals surface area (Å²) >= 11 is 0. The molecule has 2 aromatic carbocycles. The SMILES string of the molecule is COC(=O)c1cc2c(c3ccncc13)OC1(C=N2)N(C)c2ccccc2C1(C)C. The van der Waals surface area contributed by atoms with E-state index in [4.69, 9.17) is 14.5 Å². The highest BCUT2D eigenvalue weighted by atomic mass is 16.5. The summed E-state index contributed by atoms with van der Waals surface area (Å²) in [5.74, 6) is 0.220. The van der Waals surface area contributed by atoms with E-state index in [1.807, 2.05) is 31.5 Å². The van der Waals surface area contributed by atoms with Crippen LogP contribution >= 0.6 is 0 Å². The first kappa shape index (κ1) is 17.7. The van der Waals surface area contributed by atoms with Gasteiger partial charge in [-0.05, 0) is 37.6 Å². The summed E-state index contributed by atoms with van der Waals surface area (Å²) in [6, 6.07) is 11.9. The molecule has 0 saturated carbocycles. The van der Waals surface area contributed by atoms with Crippen LogP contribution in [-0.2, 0) is 10.2 Å². The molecule has 5 rings (SSSR count). The van der Waals surface area contributed by atoms with Crippen LogP contribution in [-0.4, -0.2) is 37.1 Å². The quantitative estimate of drug-likeness (QED) is 0.585. The molecule has 146 valence electrons. The Bertz CT molecular complexity index is 1200. The summed E-state index contributed by atoms with van der Waals surface area (Å²) < 4.78 is 11.7. The predicted octanol–water partition coefficient (Wildman–Crippen LogP) is 4.24. The molecule has 0 fully saturated rings. The maximum absolute atomic E-state index is 12.3. The molecule has 0 N–H and O–H groups in total. The van der Waals surface area contributed by atoms with Crippen molar-refractivity contribution in [1.29, 1.82) is 0 Å². The van der Waals surface area contributed by atoms with E-state index in [2.05, 4.69) is 35.9 Å². The second-order valence-corrected chi connectivity index (χ2v) is 7.94. The number of methoxy groups -OCH3 is 1. The number of pyridine rings is 1. The van der Waals surface area contributed by atoms with E-state index in [0.29, 0.717) is 22.4 Å². The van der Waals surface area contributed by atoms with Crippen molar-refractivity contribution in [3.05, 3.63) is 59.9 Å². The summed E-state index contributed by atoms with van der Waals surface area (Å²) in [6.07, 6.45) is 5.20. The van der Waals surface area contributed by atoms with E-state index in [1.165, 1.54) is 12.7 Å². The summed E-state index contributed by atoms with van der Waals surface area (Å²) in [5, 5.41) is 1.47. The number of hydrogen-bond acceptors (Lipinski definition) is 6. The molecule has 1 atom stereocenters. The van der Waals surface area contributed by atoms with E-state index in [1.54, 1.807) is 18.5 Å². The number of hydrogen-bond donors (Lipinski definition) is 0. The average molecular weight is 387 g/mol.